The Morgan fingerprint density at radius 3 is 2.47 bits per heavy atom. The van der Waals surface area contributed by atoms with Gasteiger partial charge < -0.3 is 15.7 Å². The topological polar surface area (TPSA) is 44.3 Å². The minimum absolute atomic E-state index is 0.120. The third-order valence-electron chi connectivity index (χ3n) is 3.71. The van der Waals surface area contributed by atoms with E-state index in [0.29, 0.717) is 6.04 Å². The van der Waals surface area contributed by atoms with Gasteiger partial charge in [-0.3, -0.25) is 0 Å². The Hall–Kier alpha value is -0.120. The van der Waals surface area contributed by atoms with Crippen LogP contribution in [0.3, 0.4) is 0 Å². The predicted octanol–water partition coefficient (Wildman–Crippen LogP) is 1.02. The second kappa shape index (κ2) is 5.83. The number of β-amino-alcohol motifs (C(OH)–C–C–N with tert-alkyl or cyclic N) is 1. The van der Waals surface area contributed by atoms with Crippen molar-refractivity contribution in [1.29, 1.82) is 0 Å². The molecule has 3 nitrogen and oxygen atoms in total. The molecule has 1 saturated carbocycles. The molecule has 2 fully saturated rings. The van der Waals surface area contributed by atoms with E-state index in [9.17, 15) is 5.11 Å². The number of aliphatic hydroxyl groups excluding tert-OH is 1. The van der Waals surface area contributed by atoms with E-state index in [4.69, 9.17) is 0 Å². The van der Waals surface area contributed by atoms with Crippen LogP contribution in [0.5, 0.6) is 0 Å². The van der Waals surface area contributed by atoms with Gasteiger partial charge in [0.2, 0.25) is 0 Å². The highest BCUT2D eigenvalue weighted by Gasteiger charge is 2.22. The van der Waals surface area contributed by atoms with Gasteiger partial charge in [0.15, 0.2) is 0 Å². The number of hydrogen-bond donors (Lipinski definition) is 3. The monoisotopic (exact) mass is 212 g/mol. The first-order valence-corrected chi connectivity index (χ1v) is 6.49. The summed E-state index contributed by atoms with van der Waals surface area (Å²) < 4.78 is 0. The molecule has 0 aromatic rings. The molecule has 0 aromatic heterocycles. The van der Waals surface area contributed by atoms with Crippen LogP contribution in [-0.2, 0) is 0 Å². The third kappa shape index (κ3) is 3.74. The first-order valence-electron chi connectivity index (χ1n) is 6.49. The quantitative estimate of drug-likeness (QED) is 0.612. The lowest BCUT2D eigenvalue weighted by Gasteiger charge is -2.19. The van der Waals surface area contributed by atoms with Crippen LogP contribution >= 0.6 is 0 Å². The molecule has 3 heteroatoms. The molecule has 0 radical (unpaired) electrons. The van der Waals surface area contributed by atoms with Crippen LogP contribution in [-0.4, -0.2) is 36.4 Å². The van der Waals surface area contributed by atoms with Crippen molar-refractivity contribution in [3.05, 3.63) is 0 Å². The molecule has 3 N–H and O–H groups in total. The minimum Gasteiger partial charge on any atom is -0.392 e. The van der Waals surface area contributed by atoms with E-state index in [1.54, 1.807) is 0 Å². The van der Waals surface area contributed by atoms with Crippen LogP contribution in [0.2, 0.25) is 0 Å². The normalized spacial score (nSPS) is 34.2. The fourth-order valence-electron chi connectivity index (χ4n) is 2.75. The molecular weight excluding hydrogens is 188 g/mol. The zero-order valence-electron chi connectivity index (χ0n) is 9.54. The summed E-state index contributed by atoms with van der Waals surface area (Å²) in [6.07, 6.45) is 9.09. The average Bonchev–Trinajstić information content (AvgIpc) is 2.52. The van der Waals surface area contributed by atoms with E-state index < -0.39 is 0 Å². The van der Waals surface area contributed by atoms with E-state index in [1.165, 1.54) is 38.5 Å². The summed E-state index contributed by atoms with van der Waals surface area (Å²) in [5.74, 6) is 0. The molecule has 2 unspecified atom stereocenters. The maximum absolute atomic E-state index is 9.39. The summed E-state index contributed by atoms with van der Waals surface area (Å²) >= 11 is 0. The van der Waals surface area contributed by atoms with Crippen molar-refractivity contribution < 1.29 is 5.11 Å². The van der Waals surface area contributed by atoms with Crippen molar-refractivity contribution in [3.63, 3.8) is 0 Å². The van der Waals surface area contributed by atoms with Gasteiger partial charge in [-0.05, 0) is 19.3 Å². The zero-order chi connectivity index (χ0) is 10.5. The highest BCUT2D eigenvalue weighted by Crippen LogP contribution is 2.17. The molecule has 0 amide bonds. The summed E-state index contributed by atoms with van der Waals surface area (Å²) in [7, 11) is 0. The molecule has 0 aromatic carbocycles. The highest BCUT2D eigenvalue weighted by molar-refractivity contribution is 4.84. The van der Waals surface area contributed by atoms with Crippen LogP contribution in [0.4, 0.5) is 0 Å². The Balaban J connectivity index is 1.63. The lowest BCUT2D eigenvalue weighted by Crippen LogP contribution is -2.39. The fraction of sp³-hybridized carbons (Fsp3) is 1.00. The molecule has 15 heavy (non-hydrogen) atoms. The number of rotatable bonds is 3. The summed E-state index contributed by atoms with van der Waals surface area (Å²) in [6.45, 7) is 1.80. The Bertz CT molecular complexity index is 178. The first kappa shape index (κ1) is 11.4. The Morgan fingerprint density at radius 2 is 1.87 bits per heavy atom. The van der Waals surface area contributed by atoms with Crippen molar-refractivity contribution >= 4 is 0 Å². The Morgan fingerprint density at radius 1 is 1.13 bits per heavy atom. The fourth-order valence-corrected chi connectivity index (χ4v) is 2.75. The predicted molar refractivity (Wildman–Crippen MR) is 61.9 cm³/mol. The van der Waals surface area contributed by atoms with Crippen LogP contribution in [0.1, 0.15) is 44.9 Å². The number of nitrogens with one attached hydrogen (secondary N) is 2. The molecule has 2 atom stereocenters. The summed E-state index contributed by atoms with van der Waals surface area (Å²) in [4.78, 5) is 0. The standard InChI is InChI=1S/C12H24N2O/c15-12-7-11(14-9-12)8-13-10-5-3-1-2-4-6-10/h10-15H,1-9H2. The van der Waals surface area contributed by atoms with Crippen molar-refractivity contribution in [2.75, 3.05) is 13.1 Å². The van der Waals surface area contributed by atoms with Crippen LogP contribution in [0.25, 0.3) is 0 Å². The van der Waals surface area contributed by atoms with Gasteiger partial charge in [0, 0.05) is 25.2 Å². The van der Waals surface area contributed by atoms with Crippen LogP contribution < -0.4 is 10.6 Å². The summed E-state index contributed by atoms with van der Waals surface area (Å²) in [5.41, 5.74) is 0. The summed E-state index contributed by atoms with van der Waals surface area (Å²) in [6, 6.07) is 1.22. The molecule has 1 aliphatic carbocycles. The van der Waals surface area contributed by atoms with Gasteiger partial charge in [0.25, 0.3) is 0 Å². The lowest BCUT2D eigenvalue weighted by molar-refractivity contribution is 0.192. The van der Waals surface area contributed by atoms with Gasteiger partial charge in [-0.2, -0.15) is 0 Å². The second-order valence-corrected chi connectivity index (χ2v) is 5.09. The van der Waals surface area contributed by atoms with Crippen molar-refractivity contribution in [3.8, 4) is 0 Å². The highest BCUT2D eigenvalue weighted by atomic mass is 16.3. The molecule has 1 saturated heterocycles. The molecule has 2 rings (SSSR count). The second-order valence-electron chi connectivity index (χ2n) is 5.09. The maximum Gasteiger partial charge on any atom is 0.0680 e. The van der Waals surface area contributed by atoms with Gasteiger partial charge in [-0.15, -0.1) is 0 Å². The third-order valence-corrected chi connectivity index (χ3v) is 3.71. The van der Waals surface area contributed by atoms with E-state index in [1.807, 2.05) is 0 Å². The van der Waals surface area contributed by atoms with Gasteiger partial charge in [-0.1, -0.05) is 25.7 Å². The largest absolute Gasteiger partial charge is 0.392 e. The SMILES string of the molecule is OC1CNC(CNC2CCCCCC2)C1. The van der Waals surface area contributed by atoms with Crippen molar-refractivity contribution in [2.24, 2.45) is 0 Å². The van der Waals surface area contributed by atoms with Gasteiger partial charge in [-0.25, -0.2) is 0 Å². The first-order chi connectivity index (χ1) is 7.34. The van der Waals surface area contributed by atoms with Gasteiger partial charge in [0.1, 0.15) is 0 Å². The molecule has 88 valence electrons. The maximum atomic E-state index is 9.39. The van der Waals surface area contributed by atoms with E-state index in [0.717, 1.165) is 25.6 Å². The number of aliphatic hydroxyl groups is 1. The van der Waals surface area contributed by atoms with E-state index >= 15 is 0 Å². The van der Waals surface area contributed by atoms with Crippen molar-refractivity contribution in [1.82, 2.24) is 10.6 Å². The van der Waals surface area contributed by atoms with E-state index in [-0.39, 0.29) is 6.10 Å². The van der Waals surface area contributed by atoms with Crippen LogP contribution in [0.15, 0.2) is 0 Å². The zero-order valence-corrected chi connectivity index (χ0v) is 9.54. The van der Waals surface area contributed by atoms with Gasteiger partial charge >= 0.3 is 0 Å². The summed E-state index contributed by atoms with van der Waals surface area (Å²) in [5, 5.41) is 16.4. The molecule has 1 heterocycles. The molecule has 2 aliphatic rings. The van der Waals surface area contributed by atoms with E-state index in [2.05, 4.69) is 10.6 Å². The molecule has 1 aliphatic heterocycles. The minimum atomic E-state index is -0.120. The van der Waals surface area contributed by atoms with Crippen LogP contribution in [0, 0.1) is 0 Å². The number of hydrogen-bond acceptors (Lipinski definition) is 3. The molecular formula is C12H24N2O. The molecule has 0 bridgehead atoms. The average molecular weight is 212 g/mol. The Kier molecular flexibility index (Phi) is 4.42. The van der Waals surface area contributed by atoms with Crippen molar-refractivity contribution in [2.45, 2.75) is 63.1 Å². The molecule has 0 spiro atoms. The lowest BCUT2D eigenvalue weighted by atomic mass is 10.1. The van der Waals surface area contributed by atoms with Gasteiger partial charge in [0.05, 0.1) is 6.10 Å². The Labute approximate surface area is 92.6 Å². The smallest absolute Gasteiger partial charge is 0.0680 e.